The van der Waals surface area contributed by atoms with Gasteiger partial charge in [0.05, 0.1) is 0 Å². The van der Waals surface area contributed by atoms with Gasteiger partial charge in [0.2, 0.25) is 0 Å². The maximum absolute atomic E-state index is 13.9. The summed E-state index contributed by atoms with van der Waals surface area (Å²) in [5.74, 6) is -0.943. The van der Waals surface area contributed by atoms with Gasteiger partial charge < -0.3 is 0 Å². The number of fused-ring (bicyclic) bond motifs is 2. The number of hydrogen-bond donors (Lipinski definition) is 0. The topological polar surface area (TPSA) is 74.8 Å². The predicted octanol–water partition coefficient (Wildman–Crippen LogP) is 9.65. The lowest BCUT2D eigenvalue weighted by atomic mass is 9.82. The minimum absolute atomic E-state index is 0.183. The Kier molecular flexibility index (Phi) is 7.78. The van der Waals surface area contributed by atoms with Crippen molar-refractivity contribution in [2.24, 2.45) is 0 Å². The first-order chi connectivity index (χ1) is 22.3. The Balaban J connectivity index is 1.35. The maximum Gasteiger partial charge on any atom is 0.261 e. The van der Waals surface area contributed by atoms with Gasteiger partial charge in [0.1, 0.15) is 0 Å². The summed E-state index contributed by atoms with van der Waals surface area (Å²) < 4.78 is 0. The van der Waals surface area contributed by atoms with Crippen LogP contribution in [0, 0.1) is 0 Å². The van der Waals surface area contributed by atoms with Crippen molar-refractivity contribution in [3.05, 3.63) is 70.8 Å². The van der Waals surface area contributed by atoms with Gasteiger partial charge in [0.15, 0.2) is 0 Å². The van der Waals surface area contributed by atoms with E-state index in [9.17, 15) is 19.2 Å². The molecule has 2 atom stereocenters. The fourth-order valence-corrected chi connectivity index (χ4v) is 8.10. The van der Waals surface area contributed by atoms with E-state index in [0.29, 0.717) is 33.0 Å². The highest BCUT2D eigenvalue weighted by Crippen LogP contribution is 2.46. The third kappa shape index (κ3) is 4.44. The van der Waals surface area contributed by atoms with Crippen LogP contribution in [0.1, 0.15) is 133 Å². The fraction of sp³-hybridized carbons (Fsp3) is 0.400. The van der Waals surface area contributed by atoms with Crippen LogP contribution in [0.5, 0.6) is 0 Å². The lowest BCUT2D eigenvalue weighted by Crippen LogP contribution is -2.46. The number of benzene rings is 5. The third-order valence-corrected chi connectivity index (χ3v) is 10.5. The SMILES string of the molecule is CCCCCC[C@@H](C)N1C(=O)c2ccc3c4ccc5c6c(ccc(c7ccc(c2c37)C1=O)c64)C(=O)N([C@H](C)CCCCCC)C5=O. The van der Waals surface area contributed by atoms with Crippen molar-refractivity contribution in [1.82, 2.24) is 9.80 Å². The summed E-state index contributed by atoms with van der Waals surface area (Å²) >= 11 is 0. The van der Waals surface area contributed by atoms with Crippen LogP contribution in [-0.2, 0) is 0 Å². The molecule has 0 fully saturated rings. The second kappa shape index (κ2) is 11.8. The molecule has 0 radical (unpaired) electrons. The van der Waals surface area contributed by atoms with E-state index in [1.165, 1.54) is 9.80 Å². The minimum Gasteiger partial charge on any atom is -0.272 e. The molecule has 0 aliphatic carbocycles. The molecule has 4 amide bonds. The van der Waals surface area contributed by atoms with Gasteiger partial charge in [-0.25, -0.2) is 0 Å². The molecule has 6 nitrogen and oxygen atoms in total. The molecule has 46 heavy (non-hydrogen) atoms. The van der Waals surface area contributed by atoms with E-state index in [0.717, 1.165) is 96.5 Å². The molecule has 0 bridgehead atoms. The van der Waals surface area contributed by atoms with Crippen LogP contribution in [0.25, 0.3) is 43.1 Å². The predicted molar refractivity (Wildman–Crippen MR) is 185 cm³/mol. The van der Waals surface area contributed by atoms with Crippen LogP contribution in [0.3, 0.4) is 0 Å². The van der Waals surface area contributed by atoms with Gasteiger partial charge in [-0.05, 0) is 83.3 Å². The highest BCUT2D eigenvalue weighted by molar-refractivity contribution is 6.41. The summed E-state index contributed by atoms with van der Waals surface area (Å²) in [7, 11) is 0. The van der Waals surface area contributed by atoms with E-state index in [-0.39, 0.29) is 35.7 Å². The first-order valence-corrected chi connectivity index (χ1v) is 17.3. The quantitative estimate of drug-likeness (QED) is 0.0607. The number of carbonyl (C=O) groups is 4. The Morgan fingerprint density at radius 2 is 0.739 bits per heavy atom. The Labute approximate surface area is 270 Å². The molecule has 0 N–H and O–H groups in total. The van der Waals surface area contributed by atoms with Crippen molar-refractivity contribution in [2.45, 2.75) is 104 Å². The Morgan fingerprint density at radius 1 is 0.435 bits per heavy atom. The highest BCUT2D eigenvalue weighted by Gasteiger charge is 2.39. The van der Waals surface area contributed by atoms with Crippen LogP contribution in [0.2, 0.25) is 0 Å². The lowest BCUT2D eigenvalue weighted by molar-refractivity contribution is 0.0526. The molecule has 236 valence electrons. The third-order valence-electron chi connectivity index (χ3n) is 10.5. The van der Waals surface area contributed by atoms with E-state index in [4.69, 9.17) is 0 Å². The van der Waals surface area contributed by atoms with Crippen LogP contribution in [-0.4, -0.2) is 45.5 Å². The number of rotatable bonds is 12. The van der Waals surface area contributed by atoms with Gasteiger partial charge in [0.25, 0.3) is 23.6 Å². The summed E-state index contributed by atoms with van der Waals surface area (Å²) in [6.45, 7) is 8.30. The molecule has 5 aromatic carbocycles. The molecule has 0 spiro atoms. The van der Waals surface area contributed by atoms with E-state index in [1.807, 2.05) is 62.4 Å². The average molecular weight is 615 g/mol. The van der Waals surface area contributed by atoms with Crippen LogP contribution >= 0.6 is 0 Å². The number of amides is 4. The second-order valence-electron chi connectivity index (χ2n) is 13.5. The Morgan fingerprint density at radius 3 is 1.02 bits per heavy atom. The monoisotopic (exact) mass is 614 g/mol. The van der Waals surface area contributed by atoms with Crippen LogP contribution < -0.4 is 0 Å². The van der Waals surface area contributed by atoms with Gasteiger partial charge in [-0.1, -0.05) is 89.5 Å². The van der Waals surface area contributed by atoms with E-state index >= 15 is 0 Å². The van der Waals surface area contributed by atoms with Gasteiger partial charge >= 0.3 is 0 Å². The minimum atomic E-state index is -0.236. The molecule has 2 heterocycles. The van der Waals surface area contributed by atoms with Crippen molar-refractivity contribution in [3.63, 3.8) is 0 Å². The second-order valence-corrected chi connectivity index (χ2v) is 13.5. The number of nitrogens with zero attached hydrogens (tertiary/aromatic N) is 2. The normalized spacial score (nSPS) is 16.2. The van der Waals surface area contributed by atoms with Crippen LogP contribution in [0.15, 0.2) is 48.5 Å². The van der Waals surface area contributed by atoms with E-state index in [1.54, 1.807) is 0 Å². The van der Waals surface area contributed by atoms with Gasteiger partial charge in [-0.3, -0.25) is 29.0 Å². The van der Waals surface area contributed by atoms with Crippen molar-refractivity contribution < 1.29 is 19.2 Å². The molecular weight excluding hydrogens is 572 g/mol. The number of unbranched alkanes of at least 4 members (excludes halogenated alkanes) is 6. The summed E-state index contributed by atoms with van der Waals surface area (Å²) in [5.41, 5.74) is 2.22. The lowest BCUT2D eigenvalue weighted by Gasteiger charge is -2.34. The van der Waals surface area contributed by atoms with Gasteiger partial charge in [0, 0.05) is 45.1 Å². The van der Waals surface area contributed by atoms with Crippen molar-refractivity contribution in [3.8, 4) is 0 Å². The largest absolute Gasteiger partial charge is 0.272 e. The summed E-state index contributed by atoms with van der Waals surface area (Å²) in [6, 6.07) is 15.0. The maximum atomic E-state index is 13.9. The molecule has 5 aromatic rings. The standard InChI is InChI=1S/C40H42N2O4/c1-5-7-9-11-13-23(3)41-37(43)29-19-15-25-27-17-21-31-36-32(40(46)42(39(31)45)24(4)14-12-10-8-6-2)22-18-28(34(27)36)26-16-20-30(38(41)44)35(29)33(25)26/h15-24H,5-14H2,1-4H3/t23-,24-/m1/s1. The van der Waals surface area contributed by atoms with Crippen molar-refractivity contribution in [2.75, 3.05) is 0 Å². The molecule has 0 saturated heterocycles. The van der Waals surface area contributed by atoms with E-state index in [2.05, 4.69) is 13.8 Å². The fourth-order valence-electron chi connectivity index (χ4n) is 8.10. The zero-order valence-electron chi connectivity index (χ0n) is 27.4. The Bertz CT molecular complexity index is 1790. The smallest absolute Gasteiger partial charge is 0.261 e. The molecule has 2 aliphatic heterocycles. The number of hydrogen-bond acceptors (Lipinski definition) is 4. The number of imide groups is 2. The molecule has 2 aliphatic rings. The number of carbonyl (C=O) groups excluding carboxylic acids is 4. The van der Waals surface area contributed by atoms with Crippen LogP contribution in [0.4, 0.5) is 0 Å². The zero-order valence-corrected chi connectivity index (χ0v) is 27.4. The summed E-state index contributed by atoms with van der Waals surface area (Å²) in [4.78, 5) is 58.6. The van der Waals surface area contributed by atoms with Crippen molar-refractivity contribution in [1.29, 1.82) is 0 Å². The summed E-state index contributed by atoms with van der Waals surface area (Å²) in [6.07, 6.45) is 10.3. The van der Waals surface area contributed by atoms with Gasteiger partial charge in [-0.2, -0.15) is 0 Å². The molecule has 7 rings (SSSR count). The molecule has 0 aromatic heterocycles. The first kappa shape index (κ1) is 30.3. The average Bonchev–Trinajstić information content (AvgIpc) is 3.05. The zero-order chi connectivity index (χ0) is 32.3. The van der Waals surface area contributed by atoms with E-state index < -0.39 is 0 Å². The molecular formula is C40H42N2O4. The summed E-state index contributed by atoms with van der Waals surface area (Å²) in [5, 5.41) is 6.85. The molecule has 0 unspecified atom stereocenters. The van der Waals surface area contributed by atoms with Gasteiger partial charge in [-0.15, -0.1) is 0 Å². The Hall–Kier alpha value is -4.32. The molecule has 0 saturated carbocycles. The van der Waals surface area contributed by atoms with Crippen molar-refractivity contribution >= 4 is 66.7 Å². The first-order valence-electron chi connectivity index (χ1n) is 17.3. The highest BCUT2D eigenvalue weighted by atomic mass is 16.2. The molecule has 6 heteroatoms.